The largest absolute Gasteiger partial charge is 0.363 e. The maximum atomic E-state index is 11.8. The van der Waals surface area contributed by atoms with Gasteiger partial charge in [0.25, 0.3) is 0 Å². The average Bonchev–Trinajstić information content (AvgIpc) is 2.34. The van der Waals surface area contributed by atoms with E-state index in [-0.39, 0.29) is 24.2 Å². The molecule has 1 fully saturated rings. The van der Waals surface area contributed by atoms with Crippen molar-refractivity contribution in [3.63, 3.8) is 0 Å². The van der Waals surface area contributed by atoms with Gasteiger partial charge in [-0.05, 0) is 26.3 Å². The van der Waals surface area contributed by atoms with Crippen LogP contribution in [0, 0.1) is 6.92 Å². The number of benzene rings is 1. The molecule has 1 heterocycles. The number of hydrogen-bond donors (Lipinski definition) is 2. The van der Waals surface area contributed by atoms with Gasteiger partial charge in [0.15, 0.2) is 0 Å². The van der Waals surface area contributed by atoms with E-state index < -0.39 is 0 Å². The molecule has 0 saturated carbocycles. The maximum absolute atomic E-state index is 11.8. The summed E-state index contributed by atoms with van der Waals surface area (Å²) >= 11 is 0. The standard InChI is InChI=1S/C15H22N2O2/c1-11-5-4-6-13(7-11)12(2)17-14(18)8-19-15(3)9-16-10-15/h4-7,12,16H,8-10H2,1-3H3,(H,17,18)/t12-/m0/s1. The Morgan fingerprint density at radius 1 is 1.53 bits per heavy atom. The molecule has 1 aromatic carbocycles. The summed E-state index contributed by atoms with van der Waals surface area (Å²) in [5, 5.41) is 6.10. The van der Waals surface area contributed by atoms with Crippen LogP contribution in [0.3, 0.4) is 0 Å². The average molecular weight is 262 g/mol. The molecule has 1 aromatic rings. The van der Waals surface area contributed by atoms with Gasteiger partial charge >= 0.3 is 0 Å². The second-order valence-electron chi connectivity index (χ2n) is 5.55. The van der Waals surface area contributed by atoms with Crippen LogP contribution in [0.4, 0.5) is 0 Å². The minimum absolute atomic E-state index is 0.00308. The molecule has 1 aliphatic rings. The van der Waals surface area contributed by atoms with Crippen LogP contribution in [0.5, 0.6) is 0 Å². The fourth-order valence-corrected chi connectivity index (χ4v) is 2.12. The SMILES string of the molecule is Cc1cccc([C@H](C)NC(=O)COC2(C)CNC2)c1. The molecular formula is C15H22N2O2. The third kappa shape index (κ3) is 3.78. The fraction of sp³-hybridized carbons (Fsp3) is 0.533. The predicted octanol–water partition coefficient (Wildman–Crippen LogP) is 1.55. The Labute approximate surface area is 114 Å². The van der Waals surface area contributed by atoms with Crippen molar-refractivity contribution in [2.45, 2.75) is 32.4 Å². The van der Waals surface area contributed by atoms with Gasteiger partial charge in [-0.15, -0.1) is 0 Å². The van der Waals surface area contributed by atoms with E-state index in [4.69, 9.17) is 4.74 Å². The number of hydrogen-bond acceptors (Lipinski definition) is 3. The van der Waals surface area contributed by atoms with Crippen LogP contribution >= 0.6 is 0 Å². The molecule has 4 nitrogen and oxygen atoms in total. The number of carbonyl (C=O) groups is 1. The summed E-state index contributed by atoms with van der Waals surface area (Å²) in [4.78, 5) is 11.8. The smallest absolute Gasteiger partial charge is 0.246 e. The number of nitrogens with one attached hydrogen (secondary N) is 2. The molecule has 0 bridgehead atoms. The summed E-state index contributed by atoms with van der Waals surface area (Å²) in [7, 11) is 0. The molecule has 0 spiro atoms. The lowest BCUT2D eigenvalue weighted by molar-refractivity contribution is -0.136. The number of rotatable bonds is 5. The Morgan fingerprint density at radius 3 is 2.84 bits per heavy atom. The highest BCUT2D eigenvalue weighted by atomic mass is 16.5. The Hall–Kier alpha value is -1.39. The monoisotopic (exact) mass is 262 g/mol. The first-order chi connectivity index (χ1) is 8.98. The highest BCUT2D eigenvalue weighted by Crippen LogP contribution is 2.16. The Bertz CT molecular complexity index is 455. The molecule has 1 aliphatic heterocycles. The summed E-state index contributed by atoms with van der Waals surface area (Å²) < 4.78 is 5.61. The molecule has 1 amide bonds. The van der Waals surface area contributed by atoms with Crippen LogP contribution in [0.2, 0.25) is 0 Å². The van der Waals surface area contributed by atoms with Crippen molar-refractivity contribution in [1.82, 2.24) is 10.6 Å². The molecule has 0 aliphatic carbocycles. The van der Waals surface area contributed by atoms with Crippen LogP contribution in [0.1, 0.15) is 31.0 Å². The highest BCUT2D eigenvalue weighted by molar-refractivity contribution is 5.77. The van der Waals surface area contributed by atoms with E-state index in [2.05, 4.69) is 16.7 Å². The van der Waals surface area contributed by atoms with Gasteiger partial charge < -0.3 is 15.4 Å². The first kappa shape index (κ1) is 14.0. The molecule has 2 rings (SSSR count). The van der Waals surface area contributed by atoms with Crippen molar-refractivity contribution in [1.29, 1.82) is 0 Å². The minimum atomic E-state index is -0.177. The molecular weight excluding hydrogens is 240 g/mol. The van der Waals surface area contributed by atoms with Gasteiger partial charge in [0.2, 0.25) is 5.91 Å². The van der Waals surface area contributed by atoms with Crippen molar-refractivity contribution in [3.8, 4) is 0 Å². The third-order valence-electron chi connectivity index (χ3n) is 3.47. The van der Waals surface area contributed by atoms with Crippen LogP contribution in [0.25, 0.3) is 0 Å². The number of amides is 1. The van der Waals surface area contributed by atoms with Crippen molar-refractivity contribution in [3.05, 3.63) is 35.4 Å². The molecule has 1 saturated heterocycles. The summed E-state index contributed by atoms with van der Waals surface area (Å²) in [6.45, 7) is 7.79. The van der Waals surface area contributed by atoms with Crippen LogP contribution in [0.15, 0.2) is 24.3 Å². The van der Waals surface area contributed by atoms with E-state index in [9.17, 15) is 4.79 Å². The van der Waals surface area contributed by atoms with E-state index in [1.807, 2.05) is 39.0 Å². The van der Waals surface area contributed by atoms with Gasteiger partial charge in [0.1, 0.15) is 6.61 Å². The fourth-order valence-electron chi connectivity index (χ4n) is 2.12. The Balaban J connectivity index is 1.81. The van der Waals surface area contributed by atoms with Crippen LogP contribution in [-0.2, 0) is 9.53 Å². The molecule has 0 radical (unpaired) electrons. The molecule has 1 atom stereocenters. The minimum Gasteiger partial charge on any atom is -0.363 e. The lowest BCUT2D eigenvalue weighted by Crippen LogP contribution is -2.59. The molecule has 0 unspecified atom stereocenters. The molecule has 2 N–H and O–H groups in total. The highest BCUT2D eigenvalue weighted by Gasteiger charge is 2.33. The second-order valence-corrected chi connectivity index (χ2v) is 5.55. The van der Waals surface area contributed by atoms with E-state index in [1.165, 1.54) is 5.56 Å². The van der Waals surface area contributed by atoms with E-state index in [1.54, 1.807) is 0 Å². The van der Waals surface area contributed by atoms with Gasteiger partial charge in [0.05, 0.1) is 11.6 Å². The van der Waals surface area contributed by atoms with Crippen LogP contribution < -0.4 is 10.6 Å². The zero-order valence-electron chi connectivity index (χ0n) is 11.8. The predicted molar refractivity (Wildman–Crippen MR) is 75.0 cm³/mol. The number of aryl methyl sites for hydroxylation is 1. The third-order valence-corrected chi connectivity index (χ3v) is 3.47. The maximum Gasteiger partial charge on any atom is 0.246 e. The number of carbonyl (C=O) groups excluding carboxylic acids is 1. The topological polar surface area (TPSA) is 50.4 Å². The second kappa shape index (κ2) is 5.72. The van der Waals surface area contributed by atoms with Crippen molar-refractivity contribution in [2.24, 2.45) is 0 Å². The van der Waals surface area contributed by atoms with Gasteiger partial charge in [0, 0.05) is 13.1 Å². The summed E-state index contributed by atoms with van der Waals surface area (Å²) in [5.74, 6) is -0.0675. The molecule has 0 aromatic heterocycles. The normalized spacial score (nSPS) is 18.5. The summed E-state index contributed by atoms with van der Waals surface area (Å²) in [6, 6.07) is 8.17. The van der Waals surface area contributed by atoms with Crippen molar-refractivity contribution in [2.75, 3.05) is 19.7 Å². The Morgan fingerprint density at radius 2 is 2.26 bits per heavy atom. The van der Waals surface area contributed by atoms with E-state index in [0.717, 1.165) is 18.7 Å². The first-order valence-electron chi connectivity index (χ1n) is 6.69. The van der Waals surface area contributed by atoms with Gasteiger partial charge in [-0.1, -0.05) is 29.8 Å². The lowest BCUT2D eigenvalue weighted by Gasteiger charge is -2.38. The molecule has 19 heavy (non-hydrogen) atoms. The Kier molecular flexibility index (Phi) is 4.22. The van der Waals surface area contributed by atoms with Crippen molar-refractivity contribution < 1.29 is 9.53 Å². The van der Waals surface area contributed by atoms with Crippen LogP contribution in [-0.4, -0.2) is 31.2 Å². The first-order valence-corrected chi connectivity index (χ1v) is 6.69. The van der Waals surface area contributed by atoms with E-state index >= 15 is 0 Å². The molecule has 4 heteroatoms. The van der Waals surface area contributed by atoms with Crippen molar-refractivity contribution >= 4 is 5.91 Å². The van der Waals surface area contributed by atoms with Gasteiger partial charge in [-0.3, -0.25) is 4.79 Å². The van der Waals surface area contributed by atoms with Gasteiger partial charge in [-0.2, -0.15) is 0 Å². The van der Waals surface area contributed by atoms with Gasteiger partial charge in [-0.25, -0.2) is 0 Å². The van der Waals surface area contributed by atoms with E-state index in [0.29, 0.717) is 0 Å². The zero-order chi connectivity index (χ0) is 13.9. The summed E-state index contributed by atoms with van der Waals surface area (Å²) in [6.07, 6.45) is 0. The molecule has 104 valence electrons. The zero-order valence-corrected chi connectivity index (χ0v) is 11.8. The lowest BCUT2D eigenvalue weighted by atomic mass is 10.0. The quantitative estimate of drug-likeness (QED) is 0.846. The summed E-state index contributed by atoms with van der Waals surface area (Å²) in [5.41, 5.74) is 2.14. The number of ether oxygens (including phenoxy) is 1.